The van der Waals surface area contributed by atoms with Gasteiger partial charge in [-0.25, -0.2) is 14.5 Å². The standard InChI is InChI=1S/C13H12ClN3O2/c1-8-15-9(2)17(16-8)12-7-11(14)5-3-10(12)4-6-13(18)19/h3-7H,1-2H3,(H,18,19)/b6-4+. The van der Waals surface area contributed by atoms with Crippen molar-refractivity contribution in [1.29, 1.82) is 0 Å². The van der Waals surface area contributed by atoms with E-state index in [0.717, 1.165) is 6.08 Å². The topological polar surface area (TPSA) is 68.0 Å². The van der Waals surface area contributed by atoms with E-state index in [0.29, 0.717) is 27.9 Å². The van der Waals surface area contributed by atoms with Gasteiger partial charge in [-0.05, 0) is 32.1 Å². The number of halogens is 1. The van der Waals surface area contributed by atoms with Crippen LogP contribution >= 0.6 is 11.6 Å². The second kappa shape index (κ2) is 5.24. The van der Waals surface area contributed by atoms with Gasteiger partial charge in [0.1, 0.15) is 11.6 Å². The molecule has 0 unspecified atom stereocenters. The summed E-state index contributed by atoms with van der Waals surface area (Å²) in [6.07, 6.45) is 2.58. The summed E-state index contributed by atoms with van der Waals surface area (Å²) in [6, 6.07) is 5.17. The van der Waals surface area contributed by atoms with Gasteiger partial charge in [0.15, 0.2) is 0 Å². The van der Waals surface area contributed by atoms with E-state index in [2.05, 4.69) is 10.1 Å². The predicted octanol–water partition coefficient (Wildman–Crippen LogP) is 2.64. The predicted molar refractivity (Wildman–Crippen MR) is 72.5 cm³/mol. The minimum absolute atomic E-state index is 0.551. The van der Waals surface area contributed by atoms with Crippen molar-refractivity contribution in [2.24, 2.45) is 0 Å². The van der Waals surface area contributed by atoms with Crippen molar-refractivity contribution in [3.63, 3.8) is 0 Å². The van der Waals surface area contributed by atoms with Gasteiger partial charge >= 0.3 is 5.97 Å². The molecule has 19 heavy (non-hydrogen) atoms. The van der Waals surface area contributed by atoms with Crippen LogP contribution in [-0.4, -0.2) is 25.8 Å². The molecule has 0 atom stereocenters. The Hall–Kier alpha value is -2.14. The van der Waals surface area contributed by atoms with Gasteiger partial charge in [-0.1, -0.05) is 17.7 Å². The maximum absolute atomic E-state index is 10.6. The molecule has 2 aromatic rings. The lowest BCUT2D eigenvalue weighted by Gasteiger charge is -2.07. The minimum Gasteiger partial charge on any atom is -0.478 e. The number of hydrogen-bond donors (Lipinski definition) is 1. The van der Waals surface area contributed by atoms with Crippen LogP contribution in [0.5, 0.6) is 0 Å². The van der Waals surface area contributed by atoms with Gasteiger partial charge in [-0.3, -0.25) is 0 Å². The van der Waals surface area contributed by atoms with Crippen molar-refractivity contribution in [2.45, 2.75) is 13.8 Å². The van der Waals surface area contributed by atoms with Gasteiger partial charge in [0, 0.05) is 16.7 Å². The van der Waals surface area contributed by atoms with Crippen LogP contribution < -0.4 is 0 Å². The summed E-state index contributed by atoms with van der Waals surface area (Å²) in [5.74, 6) is 0.350. The first-order chi connectivity index (χ1) is 8.97. The molecule has 0 spiro atoms. The lowest BCUT2D eigenvalue weighted by Crippen LogP contribution is -2.02. The van der Waals surface area contributed by atoms with E-state index in [4.69, 9.17) is 16.7 Å². The minimum atomic E-state index is -1.01. The van der Waals surface area contributed by atoms with Crippen molar-refractivity contribution in [1.82, 2.24) is 14.8 Å². The molecule has 1 heterocycles. The van der Waals surface area contributed by atoms with Crippen LogP contribution in [0.2, 0.25) is 5.02 Å². The maximum atomic E-state index is 10.6. The fourth-order valence-corrected chi connectivity index (χ4v) is 1.92. The van der Waals surface area contributed by atoms with Crippen LogP contribution in [-0.2, 0) is 4.79 Å². The molecular weight excluding hydrogens is 266 g/mol. The number of nitrogens with zero attached hydrogens (tertiary/aromatic N) is 3. The molecule has 1 aromatic heterocycles. The summed E-state index contributed by atoms with van der Waals surface area (Å²) in [6.45, 7) is 3.62. The molecule has 0 amide bonds. The number of aromatic nitrogens is 3. The van der Waals surface area contributed by atoms with Crippen LogP contribution in [0, 0.1) is 13.8 Å². The molecule has 0 saturated heterocycles. The van der Waals surface area contributed by atoms with E-state index < -0.39 is 5.97 Å². The zero-order valence-electron chi connectivity index (χ0n) is 10.5. The lowest BCUT2D eigenvalue weighted by atomic mass is 10.1. The average Bonchev–Trinajstić information content (AvgIpc) is 2.66. The molecule has 0 aliphatic rings. The Bertz CT molecular complexity index is 662. The first kappa shape index (κ1) is 13.3. The van der Waals surface area contributed by atoms with E-state index in [9.17, 15) is 4.79 Å². The third-order valence-electron chi connectivity index (χ3n) is 2.50. The van der Waals surface area contributed by atoms with Gasteiger partial charge in [-0.2, -0.15) is 5.10 Å². The molecule has 0 fully saturated rings. The molecule has 1 aromatic carbocycles. The summed E-state index contributed by atoms with van der Waals surface area (Å²) in [5.41, 5.74) is 1.41. The highest BCUT2D eigenvalue weighted by Gasteiger charge is 2.09. The Labute approximate surface area is 115 Å². The van der Waals surface area contributed by atoms with E-state index in [1.54, 1.807) is 29.8 Å². The Morgan fingerprint density at radius 2 is 2.16 bits per heavy atom. The monoisotopic (exact) mass is 277 g/mol. The summed E-state index contributed by atoms with van der Waals surface area (Å²) < 4.78 is 1.64. The number of carbonyl (C=O) groups is 1. The molecule has 0 aliphatic heterocycles. The van der Waals surface area contributed by atoms with Crippen LogP contribution in [0.1, 0.15) is 17.2 Å². The van der Waals surface area contributed by atoms with Gasteiger partial charge < -0.3 is 5.11 Å². The Balaban J connectivity index is 2.57. The Morgan fingerprint density at radius 1 is 1.42 bits per heavy atom. The highest BCUT2D eigenvalue weighted by molar-refractivity contribution is 6.30. The number of carboxylic acids is 1. The van der Waals surface area contributed by atoms with Crippen molar-refractivity contribution in [3.05, 3.63) is 46.5 Å². The Morgan fingerprint density at radius 3 is 2.74 bits per heavy atom. The number of hydrogen-bond acceptors (Lipinski definition) is 3. The maximum Gasteiger partial charge on any atom is 0.328 e. The smallest absolute Gasteiger partial charge is 0.328 e. The zero-order valence-corrected chi connectivity index (χ0v) is 11.2. The van der Waals surface area contributed by atoms with Crippen LogP contribution in [0.25, 0.3) is 11.8 Å². The molecule has 6 heteroatoms. The van der Waals surface area contributed by atoms with Crippen molar-refractivity contribution >= 4 is 23.6 Å². The molecule has 5 nitrogen and oxygen atoms in total. The highest BCUT2D eigenvalue weighted by Crippen LogP contribution is 2.22. The summed E-state index contributed by atoms with van der Waals surface area (Å²) in [5, 5.41) is 13.5. The van der Waals surface area contributed by atoms with Crippen molar-refractivity contribution in [3.8, 4) is 5.69 Å². The number of aryl methyl sites for hydroxylation is 2. The first-order valence-corrected chi connectivity index (χ1v) is 5.96. The van der Waals surface area contributed by atoms with Crippen molar-refractivity contribution < 1.29 is 9.90 Å². The van der Waals surface area contributed by atoms with Crippen LogP contribution in [0.3, 0.4) is 0 Å². The highest BCUT2D eigenvalue weighted by atomic mass is 35.5. The van der Waals surface area contributed by atoms with E-state index >= 15 is 0 Å². The second-order valence-electron chi connectivity index (χ2n) is 3.99. The fraction of sp³-hybridized carbons (Fsp3) is 0.154. The molecule has 0 bridgehead atoms. The third-order valence-corrected chi connectivity index (χ3v) is 2.74. The molecular formula is C13H12ClN3O2. The number of carboxylic acid groups (broad SMARTS) is 1. The van der Waals surface area contributed by atoms with Gasteiger partial charge in [-0.15, -0.1) is 0 Å². The lowest BCUT2D eigenvalue weighted by molar-refractivity contribution is -0.131. The molecule has 0 aliphatic carbocycles. The average molecular weight is 278 g/mol. The first-order valence-electron chi connectivity index (χ1n) is 5.58. The molecule has 2 rings (SSSR count). The second-order valence-corrected chi connectivity index (χ2v) is 4.43. The van der Waals surface area contributed by atoms with Crippen LogP contribution in [0.15, 0.2) is 24.3 Å². The molecule has 0 saturated carbocycles. The quantitative estimate of drug-likeness (QED) is 0.876. The van der Waals surface area contributed by atoms with E-state index in [1.165, 1.54) is 6.08 Å². The SMILES string of the molecule is Cc1nc(C)n(-c2cc(Cl)ccc2/C=C/C(=O)O)n1. The summed E-state index contributed by atoms with van der Waals surface area (Å²) in [7, 11) is 0. The van der Waals surface area contributed by atoms with Gasteiger partial charge in [0.05, 0.1) is 5.69 Å². The van der Waals surface area contributed by atoms with Gasteiger partial charge in [0.2, 0.25) is 0 Å². The van der Waals surface area contributed by atoms with Crippen LogP contribution in [0.4, 0.5) is 0 Å². The third kappa shape index (κ3) is 3.00. The number of aliphatic carboxylic acids is 1. The van der Waals surface area contributed by atoms with Gasteiger partial charge in [0.25, 0.3) is 0 Å². The number of benzene rings is 1. The fourth-order valence-electron chi connectivity index (χ4n) is 1.75. The zero-order chi connectivity index (χ0) is 14.0. The number of rotatable bonds is 3. The molecule has 1 N–H and O–H groups in total. The van der Waals surface area contributed by atoms with Crippen molar-refractivity contribution in [2.75, 3.05) is 0 Å². The summed E-state index contributed by atoms with van der Waals surface area (Å²) >= 11 is 5.99. The van der Waals surface area contributed by atoms with E-state index in [-0.39, 0.29) is 0 Å². The normalized spacial score (nSPS) is 11.1. The molecule has 0 radical (unpaired) electrons. The summed E-state index contributed by atoms with van der Waals surface area (Å²) in [4.78, 5) is 14.8. The largest absolute Gasteiger partial charge is 0.478 e. The van der Waals surface area contributed by atoms with E-state index in [1.807, 2.05) is 6.92 Å². The Kier molecular flexibility index (Phi) is 3.66. The molecule has 98 valence electrons.